The highest BCUT2D eigenvalue weighted by molar-refractivity contribution is 7.92. The van der Waals surface area contributed by atoms with Gasteiger partial charge in [-0.3, -0.25) is 4.72 Å². The molecule has 2 rings (SSSR count). The summed E-state index contributed by atoms with van der Waals surface area (Å²) < 4.78 is 40.6. The van der Waals surface area contributed by atoms with Gasteiger partial charge in [0.25, 0.3) is 10.0 Å². The van der Waals surface area contributed by atoms with Crippen LogP contribution in [-0.4, -0.2) is 8.42 Å². The van der Waals surface area contributed by atoms with E-state index in [0.717, 1.165) is 6.07 Å². The lowest BCUT2D eigenvalue weighted by atomic mass is 10.2. The smallest absolute Gasteiger partial charge is 0.264 e. The van der Waals surface area contributed by atoms with Gasteiger partial charge >= 0.3 is 0 Å². The van der Waals surface area contributed by atoms with Crippen molar-refractivity contribution < 1.29 is 12.8 Å². The van der Waals surface area contributed by atoms with Gasteiger partial charge < -0.3 is 5.73 Å². The average Bonchev–Trinajstić information content (AvgIpc) is 2.33. The number of aryl methyl sites for hydroxylation is 1. The van der Waals surface area contributed by atoms with E-state index in [0.29, 0.717) is 5.02 Å². The topological polar surface area (TPSA) is 72.2 Å². The lowest BCUT2D eigenvalue weighted by Crippen LogP contribution is -2.15. The Labute approximate surface area is 121 Å². The number of anilines is 2. The minimum Gasteiger partial charge on any atom is -0.399 e. The molecule has 2 aromatic carbocycles. The molecule has 106 valence electrons. The van der Waals surface area contributed by atoms with Crippen LogP contribution < -0.4 is 10.5 Å². The molecule has 4 nitrogen and oxygen atoms in total. The summed E-state index contributed by atoms with van der Waals surface area (Å²) in [6.45, 7) is 1.45. The first-order valence-electron chi connectivity index (χ1n) is 5.63. The molecular weight excluding hydrogens is 303 g/mol. The predicted octanol–water partition coefficient (Wildman–Crippen LogP) is 3.17. The van der Waals surface area contributed by atoms with E-state index in [1.165, 1.54) is 25.1 Å². The van der Waals surface area contributed by atoms with Gasteiger partial charge in [-0.1, -0.05) is 17.7 Å². The molecule has 2 aromatic rings. The van der Waals surface area contributed by atoms with E-state index in [-0.39, 0.29) is 16.9 Å². The molecule has 0 saturated heterocycles. The first-order valence-corrected chi connectivity index (χ1v) is 7.50. The number of nitrogen functional groups attached to an aromatic ring is 1. The predicted molar refractivity (Wildman–Crippen MR) is 77.8 cm³/mol. The second kappa shape index (κ2) is 5.30. The molecule has 0 spiro atoms. The van der Waals surface area contributed by atoms with Crippen LogP contribution in [0.25, 0.3) is 0 Å². The van der Waals surface area contributed by atoms with Gasteiger partial charge in [-0.15, -0.1) is 0 Å². The maximum absolute atomic E-state index is 14.0. The summed E-state index contributed by atoms with van der Waals surface area (Å²) in [5.74, 6) is -0.825. The number of halogens is 2. The van der Waals surface area contributed by atoms with Gasteiger partial charge in [0.2, 0.25) is 0 Å². The Balaban J connectivity index is 2.46. The van der Waals surface area contributed by atoms with Gasteiger partial charge in [-0.05, 0) is 42.8 Å². The second-order valence-corrected chi connectivity index (χ2v) is 6.35. The van der Waals surface area contributed by atoms with Crippen molar-refractivity contribution >= 4 is 33.0 Å². The Morgan fingerprint density at radius 3 is 2.60 bits per heavy atom. The summed E-state index contributed by atoms with van der Waals surface area (Å²) in [6.07, 6.45) is 0. The second-order valence-electron chi connectivity index (χ2n) is 4.27. The minimum absolute atomic E-state index is 0.163. The number of nitrogens with two attached hydrogens (primary N) is 1. The molecule has 20 heavy (non-hydrogen) atoms. The van der Waals surface area contributed by atoms with E-state index in [1.807, 2.05) is 0 Å². The zero-order chi connectivity index (χ0) is 14.9. The van der Waals surface area contributed by atoms with Gasteiger partial charge in [0, 0.05) is 10.7 Å². The molecule has 0 aliphatic rings. The summed E-state index contributed by atoms with van der Waals surface area (Å²) in [6, 6.07) is 8.57. The standard InChI is InChI=1S/C13H12ClFN2O2S/c1-8-5-10(16)7-12(13(8)15)20(18,19)17-11-4-2-3-9(14)6-11/h2-7,17H,16H2,1H3. The normalized spacial score (nSPS) is 11.3. The fourth-order valence-corrected chi connectivity index (χ4v) is 3.15. The maximum Gasteiger partial charge on any atom is 0.264 e. The molecule has 0 aliphatic carbocycles. The molecule has 0 unspecified atom stereocenters. The third kappa shape index (κ3) is 3.02. The molecule has 0 bridgehead atoms. The molecule has 0 aromatic heterocycles. The van der Waals surface area contributed by atoms with E-state index >= 15 is 0 Å². The van der Waals surface area contributed by atoms with E-state index in [2.05, 4.69) is 4.72 Å². The average molecular weight is 315 g/mol. The van der Waals surface area contributed by atoms with Crippen LogP contribution >= 0.6 is 11.6 Å². The molecular formula is C13H12ClFN2O2S. The van der Waals surface area contributed by atoms with Gasteiger partial charge in [-0.25, -0.2) is 12.8 Å². The first-order chi connectivity index (χ1) is 9.29. The van der Waals surface area contributed by atoms with Gasteiger partial charge in [-0.2, -0.15) is 0 Å². The highest BCUT2D eigenvalue weighted by Crippen LogP contribution is 2.24. The Bertz CT molecular complexity index is 763. The van der Waals surface area contributed by atoms with E-state index in [1.54, 1.807) is 12.1 Å². The number of nitrogens with one attached hydrogen (secondary N) is 1. The third-order valence-corrected chi connectivity index (χ3v) is 4.23. The molecule has 0 fully saturated rings. The number of benzene rings is 2. The highest BCUT2D eigenvalue weighted by Gasteiger charge is 2.21. The number of hydrogen-bond acceptors (Lipinski definition) is 3. The summed E-state index contributed by atoms with van der Waals surface area (Å²) in [5, 5.41) is 0.370. The summed E-state index contributed by atoms with van der Waals surface area (Å²) in [5.41, 5.74) is 6.15. The molecule has 0 saturated carbocycles. The van der Waals surface area contributed by atoms with E-state index in [4.69, 9.17) is 17.3 Å². The fraction of sp³-hybridized carbons (Fsp3) is 0.0769. The van der Waals surface area contributed by atoms with Gasteiger partial charge in [0.1, 0.15) is 10.7 Å². The highest BCUT2D eigenvalue weighted by atomic mass is 35.5. The van der Waals surface area contributed by atoms with Crippen molar-refractivity contribution in [1.82, 2.24) is 0 Å². The number of sulfonamides is 1. The van der Waals surface area contributed by atoms with Crippen LogP contribution in [0.2, 0.25) is 5.02 Å². The minimum atomic E-state index is -4.07. The molecule has 0 aliphatic heterocycles. The van der Waals surface area contributed by atoms with Gasteiger partial charge in [0.15, 0.2) is 0 Å². The number of hydrogen-bond donors (Lipinski definition) is 2. The lowest BCUT2D eigenvalue weighted by Gasteiger charge is -2.11. The van der Waals surface area contributed by atoms with Crippen LogP contribution in [0.3, 0.4) is 0 Å². The van der Waals surface area contributed by atoms with Crippen LogP contribution in [0, 0.1) is 12.7 Å². The fourth-order valence-electron chi connectivity index (χ4n) is 1.72. The molecule has 0 heterocycles. The van der Waals surface area contributed by atoms with Crippen molar-refractivity contribution in [3.05, 3.63) is 52.8 Å². The third-order valence-electron chi connectivity index (χ3n) is 2.61. The Morgan fingerprint density at radius 2 is 1.95 bits per heavy atom. The molecule has 0 atom stereocenters. The SMILES string of the molecule is Cc1cc(N)cc(S(=O)(=O)Nc2cccc(Cl)c2)c1F. The molecule has 0 amide bonds. The largest absolute Gasteiger partial charge is 0.399 e. The molecule has 7 heteroatoms. The van der Waals surface area contributed by atoms with Crippen LogP contribution in [0.15, 0.2) is 41.3 Å². The van der Waals surface area contributed by atoms with Crippen LogP contribution in [0.5, 0.6) is 0 Å². The summed E-state index contributed by atoms with van der Waals surface area (Å²) in [7, 11) is -4.07. The van der Waals surface area contributed by atoms with Crippen LogP contribution in [0.1, 0.15) is 5.56 Å². The maximum atomic E-state index is 14.0. The Kier molecular flexibility index (Phi) is 3.87. The number of rotatable bonds is 3. The van der Waals surface area contributed by atoms with Crippen molar-refractivity contribution in [3.8, 4) is 0 Å². The quantitative estimate of drug-likeness (QED) is 0.855. The van der Waals surface area contributed by atoms with Crippen LogP contribution in [0.4, 0.5) is 15.8 Å². The van der Waals surface area contributed by atoms with E-state index in [9.17, 15) is 12.8 Å². The van der Waals surface area contributed by atoms with Crippen molar-refractivity contribution in [2.45, 2.75) is 11.8 Å². The lowest BCUT2D eigenvalue weighted by molar-refractivity contribution is 0.565. The van der Waals surface area contributed by atoms with Crippen molar-refractivity contribution in [2.75, 3.05) is 10.5 Å². The zero-order valence-corrected chi connectivity index (χ0v) is 12.1. The Morgan fingerprint density at radius 1 is 1.25 bits per heavy atom. The summed E-state index contributed by atoms with van der Waals surface area (Å²) in [4.78, 5) is -0.491. The molecule has 0 radical (unpaired) electrons. The van der Waals surface area contributed by atoms with Crippen molar-refractivity contribution in [2.24, 2.45) is 0 Å². The Hall–Kier alpha value is -1.79. The van der Waals surface area contributed by atoms with Crippen molar-refractivity contribution in [1.29, 1.82) is 0 Å². The zero-order valence-electron chi connectivity index (χ0n) is 10.5. The van der Waals surface area contributed by atoms with E-state index < -0.39 is 20.7 Å². The van der Waals surface area contributed by atoms with Crippen molar-refractivity contribution in [3.63, 3.8) is 0 Å². The monoisotopic (exact) mass is 314 g/mol. The first kappa shape index (κ1) is 14.6. The summed E-state index contributed by atoms with van der Waals surface area (Å²) >= 11 is 5.77. The van der Waals surface area contributed by atoms with Crippen LogP contribution in [-0.2, 0) is 10.0 Å². The molecule has 3 N–H and O–H groups in total. The van der Waals surface area contributed by atoms with Gasteiger partial charge in [0.05, 0.1) is 5.69 Å².